The molecule has 0 saturated carbocycles. The van der Waals surface area contributed by atoms with E-state index in [1.807, 2.05) is 0 Å². The normalized spacial score (nSPS) is 18.9. The van der Waals surface area contributed by atoms with Crippen molar-refractivity contribution in [1.82, 2.24) is 15.5 Å². The maximum absolute atomic E-state index is 10.9. The molecule has 0 bridgehead atoms. The minimum atomic E-state index is -1.03. The van der Waals surface area contributed by atoms with E-state index in [-0.39, 0.29) is 17.6 Å². The van der Waals surface area contributed by atoms with Crippen LogP contribution in [0.2, 0.25) is 0 Å². The summed E-state index contributed by atoms with van der Waals surface area (Å²) in [6.07, 6.45) is 2.07. The molecular formula is C10H13N3O3. The zero-order valence-electron chi connectivity index (χ0n) is 8.91. The molecule has 0 spiro atoms. The molecule has 1 unspecified atom stereocenters. The third kappa shape index (κ3) is 1.91. The van der Waals surface area contributed by atoms with Crippen LogP contribution in [-0.4, -0.2) is 33.2 Å². The smallest absolute Gasteiger partial charge is 0.356 e. The molecule has 1 heterocycles. The third-order valence-electron chi connectivity index (χ3n) is 2.76. The highest BCUT2D eigenvalue weighted by Crippen LogP contribution is 2.22. The maximum Gasteiger partial charge on any atom is 0.356 e. The lowest BCUT2D eigenvalue weighted by atomic mass is 9.91. The van der Waals surface area contributed by atoms with Crippen molar-refractivity contribution in [2.24, 2.45) is 0 Å². The van der Waals surface area contributed by atoms with E-state index in [0.717, 1.165) is 24.1 Å². The average molecular weight is 223 g/mol. The fourth-order valence-corrected chi connectivity index (χ4v) is 2.08. The van der Waals surface area contributed by atoms with Gasteiger partial charge in [-0.25, -0.2) is 4.79 Å². The Labute approximate surface area is 92.0 Å². The second-order valence-corrected chi connectivity index (χ2v) is 3.97. The van der Waals surface area contributed by atoms with Crippen LogP contribution in [0.3, 0.4) is 0 Å². The van der Waals surface area contributed by atoms with Crippen molar-refractivity contribution in [2.45, 2.75) is 32.2 Å². The highest BCUT2D eigenvalue weighted by Gasteiger charge is 2.26. The lowest BCUT2D eigenvalue weighted by Gasteiger charge is -2.22. The fourth-order valence-electron chi connectivity index (χ4n) is 2.08. The van der Waals surface area contributed by atoms with Crippen LogP contribution in [0.5, 0.6) is 0 Å². The lowest BCUT2D eigenvalue weighted by Crippen LogP contribution is -2.37. The zero-order valence-corrected chi connectivity index (χ0v) is 8.91. The number of hydrogen-bond acceptors (Lipinski definition) is 3. The number of aromatic nitrogens is 2. The van der Waals surface area contributed by atoms with Gasteiger partial charge in [0.05, 0.1) is 0 Å². The number of amides is 1. The van der Waals surface area contributed by atoms with Gasteiger partial charge >= 0.3 is 5.97 Å². The van der Waals surface area contributed by atoms with E-state index in [9.17, 15) is 9.59 Å². The number of H-pyrrole nitrogens is 1. The summed E-state index contributed by atoms with van der Waals surface area (Å²) in [7, 11) is 0. The van der Waals surface area contributed by atoms with Gasteiger partial charge in [-0.15, -0.1) is 0 Å². The van der Waals surface area contributed by atoms with Crippen LogP contribution in [0, 0.1) is 0 Å². The van der Waals surface area contributed by atoms with Crippen molar-refractivity contribution < 1.29 is 14.7 Å². The monoisotopic (exact) mass is 223 g/mol. The summed E-state index contributed by atoms with van der Waals surface area (Å²) in [6, 6.07) is 0.0145. The highest BCUT2D eigenvalue weighted by molar-refractivity contribution is 5.87. The Morgan fingerprint density at radius 2 is 2.31 bits per heavy atom. The van der Waals surface area contributed by atoms with Crippen molar-refractivity contribution in [3.8, 4) is 0 Å². The van der Waals surface area contributed by atoms with Gasteiger partial charge in [-0.1, -0.05) is 0 Å². The number of rotatable bonds is 2. The van der Waals surface area contributed by atoms with E-state index in [1.165, 1.54) is 6.92 Å². The average Bonchev–Trinajstić information content (AvgIpc) is 2.59. The number of carbonyl (C=O) groups is 2. The van der Waals surface area contributed by atoms with E-state index < -0.39 is 5.97 Å². The van der Waals surface area contributed by atoms with E-state index in [4.69, 9.17) is 5.11 Å². The number of aromatic amines is 1. The third-order valence-corrected chi connectivity index (χ3v) is 2.76. The second-order valence-electron chi connectivity index (χ2n) is 3.97. The summed E-state index contributed by atoms with van der Waals surface area (Å²) in [4.78, 5) is 21.8. The topological polar surface area (TPSA) is 95.1 Å². The Balaban J connectivity index is 2.20. The largest absolute Gasteiger partial charge is 0.476 e. The summed E-state index contributed by atoms with van der Waals surface area (Å²) in [5.74, 6) is -1.12. The standard InChI is InChI=1S/C10H13N3O3/c1-5(14)11-6-2-3-8-7(4-6)9(10(15)16)13-12-8/h6H,2-4H2,1H3,(H,11,14)(H,12,13)(H,15,16). The van der Waals surface area contributed by atoms with Crippen LogP contribution >= 0.6 is 0 Å². The number of carboxylic acid groups (broad SMARTS) is 1. The van der Waals surface area contributed by atoms with Crippen LogP contribution in [-0.2, 0) is 17.6 Å². The minimum absolute atomic E-state index is 0.0145. The van der Waals surface area contributed by atoms with E-state index in [0.29, 0.717) is 6.42 Å². The first kappa shape index (κ1) is 10.7. The molecule has 1 aliphatic rings. The predicted molar refractivity (Wildman–Crippen MR) is 55.2 cm³/mol. The lowest BCUT2D eigenvalue weighted by molar-refractivity contribution is -0.119. The molecule has 6 nitrogen and oxygen atoms in total. The molecule has 1 aliphatic carbocycles. The predicted octanol–water partition coefficient (Wildman–Crippen LogP) is 0.101. The van der Waals surface area contributed by atoms with E-state index in [1.54, 1.807) is 0 Å². The Bertz CT molecular complexity index is 439. The Morgan fingerprint density at radius 3 is 2.94 bits per heavy atom. The van der Waals surface area contributed by atoms with Gasteiger partial charge in [0.25, 0.3) is 0 Å². The van der Waals surface area contributed by atoms with Gasteiger partial charge in [0.2, 0.25) is 5.91 Å². The first-order chi connectivity index (χ1) is 7.58. The molecule has 0 saturated heterocycles. The zero-order chi connectivity index (χ0) is 11.7. The van der Waals surface area contributed by atoms with Crippen LogP contribution in [0.1, 0.15) is 35.1 Å². The van der Waals surface area contributed by atoms with Crippen LogP contribution < -0.4 is 5.32 Å². The molecule has 3 N–H and O–H groups in total. The second kappa shape index (κ2) is 3.96. The number of aromatic carboxylic acids is 1. The van der Waals surface area contributed by atoms with Crippen LogP contribution in [0.15, 0.2) is 0 Å². The summed E-state index contributed by atoms with van der Waals surface area (Å²) in [5.41, 5.74) is 1.67. The number of aryl methyl sites for hydroxylation is 1. The summed E-state index contributed by atoms with van der Waals surface area (Å²) < 4.78 is 0. The minimum Gasteiger partial charge on any atom is -0.476 e. The van der Waals surface area contributed by atoms with E-state index >= 15 is 0 Å². The summed E-state index contributed by atoms with van der Waals surface area (Å²) in [6.45, 7) is 1.46. The van der Waals surface area contributed by atoms with Crippen molar-refractivity contribution in [3.63, 3.8) is 0 Å². The number of carbonyl (C=O) groups excluding carboxylic acids is 1. The van der Waals surface area contributed by atoms with Crippen molar-refractivity contribution in [3.05, 3.63) is 17.0 Å². The molecule has 0 radical (unpaired) electrons. The Kier molecular flexibility index (Phi) is 2.64. The van der Waals surface area contributed by atoms with Crippen molar-refractivity contribution in [1.29, 1.82) is 0 Å². The molecule has 16 heavy (non-hydrogen) atoms. The molecule has 86 valence electrons. The van der Waals surface area contributed by atoms with E-state index in [2.05, 4.69) is 15.5 Å². The maximum atomic E-state index is 10.9. The molecule has 0 aliphatic heterocycles. The Hall–Kier alpha value is -1.85. The van der Waals surface area contributed by atoms with Crippen LogP contribution in [0.25, 0.3) is 0 Å². The molecule has 0 fully saturated rings. The first-order valence-electron chi connectivity index (χ1n) is 5.14. The fraction of sp³-hybridized carbons (Fsp3) is 0.500. The van der Waals surface area contributed by atoms with Gasteiger partial charge in [-0.2, -0.15) is 5.10 Å². The molecular weight excluding hydrogens is 210 g/mol. The summed E-state index contributed by atoms with van der Waals surface area (Å²) >= 11 is 0. The van der Waals surface area contributed by atoms with Gasteiger partial charge in [0.1, 0.15) is 0 Å². The van der Waals surface area contributed by atoms with Crippen molar-refractivity contribution >= 4 is 11.9 Å². The number of fused-ring (bicyclic) bond motifs is 1. The first-order valence-corrected chi connectivity index (χ1v) is 5.14. The van der Waals surface area contributed by atoms with Gasteiger partial charge in [0, 0.05) is 24.2 Å². The quantitative estimate of drug-likeness (QED) is 0.662. The number of nitrogens with one attached hydrogen (secondary N) is 2. The number of nitrogens with zero attached hydrogens (tertiary/aromatic N) is 1. The SMILES string of the molecule is CC(=O)NC1CCc2[nH]nc(C(=O)O)c2C1. The number of carboxylic acids is 1. The molecule has 1 aromatic rings. The number of hydrogen-bond donors (Lipinski definition) is 3. The van der Waals surface area contributed by atoms with Gasteiger partial charge in [0.15, 0.2) is 5.69 Å². The molecule has 2 rings (SSSR count). The van der Waals surface area contributed by atoms with Crippen LogP contribution in [0.4, 0.5) is 0 Å². The summed E-state index contributed by atoms with van der Waals surface area (Å²) in [5, 5.41) is 18.2. The highest BCUT2D eigenvalue weighted by atomic mass is 16.4. The van der Waals surface area contributed by atoms with Crippen molar-refractivity contribution in [2.75, 3.05) is 0 Å². The molecule has 1 atom stereocenters. The van der Waals surface area contributed by atoms with Gasteiger partial charge in [-0.05, 0) is 19.3 Å². The van der Waals surface area contributed by atoms with Gasteiger partial charge < -0.3 is 10.4 Å². The molecule has 1 amide bonds. The molecule has 6 heteroatoms. The van der Waals surface area contributed by atoms with Gasteiger partial charge in [-0.3, -0.25) is 9.89 Å². The molecule has 1 aromatic heterocycles. The molecule has 0 aromatic carbocycles. The Morgan fingerprint density at radius 1 is 1.56 bits per heavy atom.